The molecule has 2 atom stereocenters. The molecule has 0 fully saturated rings. The summed E-state index contributed by atoms with van der Waals surface area (Å²) in [6.45, 7) is 3.34. The average Bonchev–Trinajstić information content (AvgIpc) is 2.46. The molecule has 2 unspecified atom stereocenters. The first-order valence-electron chi connectivity index (χ1n) is 6.53. The fourth-order valence-corrected chi connectivity index (χ4v) is 2.98. The Balaban J connectivity index is 2.40. The molecule has 4 heteroatoms. The first-order chi connectivity index (χ1) is 9.45. The van der Waals surface area contributed by atoms with Gasteiger partial charge < -0.3 is 10.8 Å². The van der Waals surface area contributed by atoms with Crippen molar-refractivity contribution < 1.29 is 14.7 Å². The Morgan fingerprint density at radius 2 is 1.75 bits per heavy atom. The Morgan fingerprint density at radius 3 is 2.40 bits per heavy atom. The summed E-state index contributed by atoms with van der Waals surface area (Å²) in [5, 5.41) is 10.5. The van der Waals surface area contributed by atoms with Crippen molar-refractivity contribution in [2.45, 2.75) is 19.9 Å². The lowest BCUT2D eigenvalue weighted by Gasteiger charge is -2.33. The molecule has 1 aromatic carbocycles. The predicted molar refractivity (Wildman–Crippen MR) is 75.2 cm³/mol. The van der Waals surface area contributed by atoms with Gasteiger partial charge in [0, 0.05) is 39.8 Å². The standard InChI is InChI=1S/C16H15NO3/c1-7-11-12(13(17)8(2)14(7)18)16(20)10-6-4-3-5-9(10)15(11)19/h3-6,8,13,20H,17H2,1-2H3. The molecule has 4 nitrogen and oxygen atoms in total. The fraction of sp³-hybridized carbons (Fsp3) is 0.250. The van der Waals surface area contributed by atoms with Crippen LogP contribution in [0.5, 0.6) is 0 Å². The fourth-order valence-electron chi connectivity index (χ4n) is 2.98. The molecular weight excluding hydrogens is 254 g/mol. The van der Waals surface area contributed by atoms with E-state index in [-0.39, 0.29) is 22.9 Å². The van der Waals surface area contributed by atoms with Crippen molar-refractivity contribution in [1.29, 1.82) is 0 Å². The van der Waals surface area contributed by atoms with E-state index >= 15 is 0 Å². The van der Waals surface area contributed by atoms with Gasteiger partial charge in [0.1, 0.15) is 5.76 Å². The summed E-state index contributed by atoms with van der Waals surface area (Å²) in [5.41, 5.74) is 8.04. The number of aliphatic hydroxyl groups excluding tert-OH is 1. The first-order valence-corrected chi connectivity index (χ1v) is 6.53. The van der Waals surface area contributed by atoms with Crippen LogP contribution in [0, 0.1) is 5.92 Å². The molecule has 102 valence electrons. The van der Waals surface area contributed by atoms with E-state index in [1.807, 2.05) is 0 Å². The Hall–Kier alpha value is -2.20. The van der Waals surface area contributed by atoms with Gasteiger partial charge in [-0.25, -0.2) is 0 Å². The zero-order chi connectivity index (χ0) is 14.6. The molecule has 2 aliphatic carbocycles. The first kappa shape index (κ1) is 12.8. The number of hydrogen-bond donors (Lipinski definition) is 2. The quantitative estimate of drug-likeness (QED) is 0.755. The topological polar surface area (TPSA) is 80.4 Å². The average molecular weight is 269 g/mol. The van der Waals surface area contributed by atoms with Gasteiger partial charge in [-0.2, -0.15) is 0 Å². The maximum atomic E-state index is 12.6. The molecule has 20 heavy (non-hydrogen) atoms. The molecule has 0 aliphatic heterocycles. The zero-order valence-corrected chi connectivity index (χ0v) is 11.3. The Bertz CT molecular complexity index is 712. The van der Waals surface area contributed by atoms with Crippen molar-refractivity contribution in [3.8, 4) is 0 Å². The number of ketones is 2. The largest absolute Gasteiger partial charge is 0.507 e. The third-order valence-electron chi connectivity index (χ3n) is 4.21. The van der Waals surface area contributed by atoms with Gasteiger partial charge >= 0.3 is 0 Å². The summed E-state index contributed by atoms with van der Waals surface area (Å²) in [7, 11) is 0. The smallest absolute Gasteiger partial charge is 0.194 e. The number of carbonyl (C=O) groups is 2. The molecule has 0 saturated heterocycles. The molecular formula is C16H15NO3. The van der Waals surface area contributed by atoms with E-state index in [2.05, 4.69) is 0 Å². The zero-order valence-electron chi connectivity index (χ0n) is 11.3. The summed E-state index contributed by atoms with van der Waals surface area (Å²) in [4.78, 5) is 24.8. The van der Waals surface area contributed by atoms with E-state index < -0.39 is 12.0 Å². The van der Waals surface area contributed by atoms with E-state index in [1.54, 1.807) is 38.1 Å². The molecule has 0 aromatic heterocycles. The molecule has 0 spiro atoms. The maximum absolute atomic E-state index is 12.6. The van der Waals surface area contributed by atoms with Gasteiger partial charge in [0.2, 0.25) is 0 Å². The van der Waals surface area contributed by atoms with E-state index in [0.717, 1.165) is 0 Å². The highest BCUT2D eigenvalue weighted by Gasteiger charge is 2.42. The molecule has 0 heterocycles. The van der Waals surface area contributed by atoms with Crippen LogP contribution in [0.25, 0.3) is 5.76 Å². The van der Waals surface area contributed by atoms with Crippen LogP contribution in [0.1, 0.15) is 29.8 Å². The van der Waals surface area contributed by atoms with Crippen molar-refractivity contribution in [3.05, 3.63) is 52.1 Å². The molecule has 1 aromatic rings. The monoisotopic (exact) mass is 269 g/mol. The van der Waals surface area contributed by atoms with Gasteiger partial charge in [-0.3, -0.25) is 9.59 Å². The van der Waals surface area contributed by atoms with Crippen LogP contribution >= 0.6 is 0 Å². The highest BCUT2D eigenvalue weighted by atomic mass is 16.3. The molecule has 3 N–H and O–H groups in total. The summed E-state index contributed by atoms with van der Waals surface area (Å²) >= 11 is 0. The van der Waals surface area contributed by atoms with Crippen molar-refractivity contribution in [2.24, 2.45) is 11.7 Å². The summed E-state index contributed by atoms with van der Waals surface area (Å²) in [5.74, 6) is -0.784. The highest BCUT2D eigenvalue weighted by molar-refractivity contribution is 6.22. The molecule has 2 aliphatic rings. The van der Waals surface area contributed by atoms with Gasteiger partial charge in [-0.1, -0.05) is 31.2 Å². The highest BCUT2D eigenvalue weighted by Crippen LogP contribution is 2.40. The number of aliphatic hydroxyl groups is 1. The number of carbonyl (C=O) groups excluding carboxylic acids is 2. The number of Topliss-reactive ketones (excluding diaryl/α,β-unsaturated/α-hetero) is 2. The molecule has 0 saturated carbocycles. The van der Waals surface area contributed by atoms with Crippen molar-refractivity contribution >= 4 is 17.3 Å². The van der Waals surface area contributed by atoms with Gasteiger partial charge in [0.25, 0.3) is 0 Å². The van der Waals surface area contributed by atoms with Crippen LogP contribution in [0.3, 0.4) is 0 Å². The van der Waals surface area contributed by atoms with Crippen LogP contribution < -0.4 is 5.73 Å². The minimum atomic E-state index is -0.654. The van der Waals surface area contributed by atoms with Gasteiger partial charge in [0.05, 0.1) is 0 Å². The van der Waals surface area contributed by atoms with Crippen molar-refractivity contribution in [2.75, 3.05) is 0 Å². The lowest BCUT2D eigenvalue weighted by atomic mass is 9.71. The molecule has 3 rings (SSSR count). The normalized spacial score (nSPS) is 25.8. The second-order valence-electron chi connectivity index (χ2n) is 5.32. The van der Waals surface area contributed by atoms with Gasteiger partial charge in [-0.15, -0.1) is 0 Å². The van der Waals surface area contributed by atoms with Crippen molar-refractivity contribution in [3.63, 3.8) is 0 Å². The molecule has 0 bridgehead atoms. The Morgan fingerprint density at radius 1 is 1.15 bits per heavy atom. The number of hydrogen-bond acceptors (Lipinski definition) is 4. The second kappa shape index (κ2) is 4.15. The molecule has 0 radical (unpaired) electrons. The number of nitrogens with two attached hydrogens (primary N) is 1. The Labute approximate surface area is 116 Å². The third kappa shape index (κ3) is 1.45. The van der Waals surface area contributed by atoms with E-state index in [0.29, 0.717) is 22.3 Å². The van der Waals surface area contributed by atoms with Crippen LogP contribution in [-0.2, 0) is 4.79 Å². The van der Waals surface area contributed by atoms with Crippen LogP contribution in [0.2, 0.25) is 0 Å². The minimum absolute atomic E-state index is 0.0152. The Kier molecular flexibility index (Phi) is 2.66. The predicted octanol–water partition coefficient (Wildman–Crippen LogP) is 2.01. The van der Waals surface area contributed by atoms with Crippen LogP contribution in [-0.4, -0.2) is 22.7 Å². The van der Waals surface area contributed by atoms with E-state index in [4.69, 9.17) is 5.73 Å². The summed E-state index contributed by atoms with van der Waals surface area (Å²) in [6, 6.07) is 6.18. The van der Waals surface area contributed by atoms with Crippen LogP contribution in [0.15, 0.2) is 41.0 Å². The lowest BCUT2D eigenvalue weighted by Crippen LogP contribution is -2.43. The number of rotatable bonds is 0. The maximum Gasteiger partial charge on any atom is 0.194 e. The number of fused-ring (bicyclic) bond motifs is 2. The van der Waals surface area contributed by atoms with Gasteiger partial charge in [0.15, 0.2) is 11.6 Å². The third-order valence-corrected chi connectivity index (χ3v) is 4.21. The van der Waals surface area contributed by atoms with Gasteiger partial charge in [-0.05, 0) is 6.92 Å². The molecule has 0 amide bonds. The van der Waals surface area contributed by atoms with Crippen LogP contribution in [0.4, 0.5) is 0 Å². The SMILES string of the molecule is CC1=C2C(=O)c3ccccc3C(O)=C2C(N)C(C)C1=O. The summed E-state index contributed by atoms with van der Waals surface area (Å²) in [6.07, 6.45) is 0. The van der Waals surface area contributed by atoms with E-state index in [9.17, 15) is 14.7 Å². The number of allylic oxidation sites excluding steroid dienone is 1. The minimum Gasteiger partial charge on any atom is -0.507 e. The van der Waals surface area contributed by atoms with Crippen molar-refractivity contribution in [1.82, 2.24) is 0 Å². The lowest BCUT2D eigenvalue weighted by molar-refractivity contribution is -0.119. The second-order valence-corrected chi connectivity index (χ2v) is 5.32. The summed E-state index contributed by atoms with van der Waals surface area (Å²) < 4.78 is 0. The number of benzene rings is 1. The van der Waals surface area contributed by atoms with E-state index in [1.165, 1.54) is 0 Å².